The lowest BCUT2D eigenvalue weighted by Crippen LogP contribution is -2.69. The van der Waals surface area contributed by atoms with Gasteiger partial charge in [-0.2, -0.15) is 0 Å². The topological polar surface area (TPSA) is 220 Å². The number of hydrogen-bond acceptors (Lipinski definition) is 17. The summed E-state index contributed by atoms with van der Waals surface area (Å²) < 4.78 is 53.0. The Morgan fingerprint density at radius 1 is 0.612 bits per heavy atom. The molecule has 0 spiro atoms. The first-order valence-corrected chi connectivity index (χ1v) is 23.8. The van der Waals surface area contributed by atoms with Gasteiger partial charge in [0.15, 0.2) is 12.2 Å². The smallest absolute Gasteiger partial charge is 0.315 e. The third-order valence-electron chi connectivity index (χ3n) is 17.6. The van der Waals surface area contributed by atoms with Gasteiger partial charge in [0, 0.05) is 59.8 Å². The number of ether oxygens (including phenoxy) is 9. The van der Waals surface area contributed by atoms with Gasteiger partial charge >= 0.3 is 47.8 Å². The Hall–Kier alpha value is -4.54. The summed E-state index contributed by atoms with van der Waals surface area (Å²) in [7, 11) is 0. The first kappa shape index (κ1) is 51.8. The first-order chi connectivity index (χ1) is 31.1. The van der Waals surface area contributed by atoms with E-state index in [0.29, 0.717) is 38.5 Å². The van der Waals surface area contributed by atoms with E-state index < -0.39 is 113 Å². The van der Waals surface area contributed by atoms with Gasteiger partial charge in [-0.15, -0.1) is 0 Å². The van der Waals surface area contributed by atoms with Crippen molar-refractivity contribution in [2.75, 3.05) is 13.2 Å². The van der Waals surface area contributed by atoms with Crippen LogP contribution >= 0.6 is 0 Å². The molecule has 0 N–H and O–H groups in total. The Balaban J connectivity index is 1.45. The van der Waals surface area contributed by atoms with Crippen LogP contribution in [0.5, 0.6) is 0 Å². The maximum absolute atomic E-state index is 15.6. The Morgan fingerprint density at radius 3 is 1.79 bits per heavy atom. The summed E-state index contributed by atoms with van der Waals surface area (Å²) in [4.78, 5) is 103. The van der Waals surface area contributed by atoms with E-state index in [9.17, 15) is 33.6 Å². The van der Waals surface area contributed by atoms with Gasteiger partial charge in [0.25, 0.3) is 0 Å². The van der Waals surface area contributed by atoms with Crippen LogP contribution in [0.1, 0.15) is 148 Å². The van der Waals surface area contributed by atoms with Crippen molar-refractivity contribution < 1.29 is 81.0 Å². The summed E-state index contributed by atoms with van der Waals surface area (Å²) in [5.74, 6) is -5.88. The quantitative estimate of drug-likeness (QED) is 0.124. The fourth-order valence-electron chi connectivity index (χ4n) is 14.4. The number of fused-ring (bicyclic) bond motifs is 7. The van der Waals surface area contributed by atoms with Crippen molar-refractivity contribution in [1.82, 2.24) is 0 Å². The maximum Gasteiger partial charge on any atom is 0.315 e. The van der Waals surface area contributed by atoms with Gasteiger partial charge < -0.3 is 42.6 Å². The zero-order chi connectivity index (χ0) is 49.8. The van der Waals surface area contributed by atoms with Gasteiger partial charge in [0.1, 0.15) is 31.0 Å². The molecule has 0 aromatic rings. The lowest BCUT2D eigenvalue weighted by molar-refractivity contribution is -0.306. The van der Waals surface area contributed by atoms with E-state index in [2.05, 4.69) is 33.8 Å². The number of esters is 8. The van der Waals surface area contributed by atoms with Crippen molar-refractivity contribution in [3.8, 4) is 0 Å². The molecule has 1 aliphatic heterocycles. The van der Waals surface area contributed by atoms with Gasteiger partial charge in [-0.1, -0.05) is 46.3 Å². The number of carbonyl (C=O) groups excluding carboxylic acids is 8. The summed E-state index contributed by atoms with van der Waals surface area (Å²) in [5, 5.41) is 0. The van der Waals surface area contributed by atoms with E-state index in [1.807, 2.05) is 13.8 Å². The fraction of sp³-hybridized carbons (Fsp3) is 0.800. The molecule has 0 aromatic heterocycles. The van der Waals surface area contributed by atoms with E-state index >= 15 is 4.79 Å². The Bertz CT molecular complexity index is 2050. The monoisotopic (exact) mass is 944 g/mol. The van der Waals surface area contributed by atoms with Crippen LogP contribution < -0.4 is 0 Å². The van der Waals surface area contributed by atoms with Crippen LogP contribution in [0.4, 0.5) is 0 Å². The summed E-state index contributed by atoms with van der Waals surface area (Å²) >= 11 is 0. The fourth-order valence-corrected chi connectivity index (χ4v) is 14.4. The van der Waals surface area contributed by atoms with Crippen molar-refractivity contribution in [1.29, 1.82) is 0 Å². The molecule has 0 amide bonds. The first-order valence-electron chi connectivity index (χ1n) is 23.8. The van der Waals surface area contributed by atoms with Crippen molar-refractivity contribution in [2.24, 2.45) is 50.7 Å². The van der Waals surface area contributed by atoms with Gasteiger partial charge in [-0.25, -0.2) is 0 Å². The molecule has 16 atom stereocenters. The molecule has 0 aromatic carbocycles. The maximum atomic E-state index is 15.6. The van der Waals surface area contributed by atoms with Crippen LogP contribution in [-0.2, 0) is 81.0 Å². The van der Waals surface area contributed by atoms with Gasteiger partial charge in [0.2, 0.25) is 12.4 Å². The van der Waals surface area contributed by atoms with Crippen molar-refractivity contribution in [3.05, 3.63) is 11.6 Å². The summed E-state index contributed by atoms with van der Waals surface area (Å²) in [6.07, 6.45) is -0.586. The average Bonchev–Trinajstić information content (AvgIpc) is 3.20. The number of carbonyl (C=O) groups is 8. The molecule has 1 heterocycles. The van der Waals surface area contributed by atoms with Crippen LogP contribution in [0.3, 0.4) is 0 Å². The molecule has 6 rings (SSSR count). The molecule has 0 radical (unpaired) electrons. The van der Waals surface area contributed by atoms with Gasteiger partial charge in [0.05, 0.1) is 5.41 Å². The molecule has 374 valence electrons. The lowest BCUT2D eigenvalue weighted by Gasteiger charge is -2.72. The second kappa shape index (κ2) is 18.8. The van der Waals surface area contributed by atoms with Crippen LogP contribution in [0.15, 0.2) is 11.6 Å². The standard InChI is InChI=1S/C50H72O17/c1-26-16-21-50(44(58)66-43-41(64-32(7)56)40(63-31(6)55)39(62-30(5)54)35(65-43)24-59-27(2)51)23-22-47(11)34(42(50)49(26,13)67-33(8)57)14-15-37-45(9)19-18-38(61-29(4)53)46(10,25-60-28(3)52)36(45)17-20-48(37,47)12/h14,26,35-43H,15-25H2,1-13H3/t26-,35-,36+,37-,38-,39-,40+,41-,42-,43+,45-,46-,47+,48+,49-,50-/m0/s1. The zero-order valence-electron chi connectivity index (χ0n) is 41.6. The third kappa shape index (κ3) is 9.11. The molecule has 17 heteroatoms. The second-order valence-corrected chi connectivity index (χ2v) is 21.5. The van der Waals surface area contributed by atoms with Crippen LogP contribution in [0.25, 0.3) is 0 Å². The van der Waals surface area contributed by atoms with E-state index in [1.165, 1.54) is 27.7 Å². The highest BCUT2D eigenvalue weighted by atomic mass is 16.7. The summed E-state index contributed by atoms with van der Waals surface area (Å²) in [5.41, 5.74) is -3.29. The van der Waals surface area contributed by atoms with E-state index in [4.69, 9.17) is 42.6 Å². The van der Waals surface area contributed by atoms with Crippen LogP contribution in [-0.4, -0.2) is 103 Å². The largest absolute Gasteiger partial charge is 0.465 e. The predicted molar refractivity (Wildman–Crippen MR) is 235 cm³/mol. The highest BCUT2D eigenvalue weighted by Gasteiger charge is 2.73. The molecule has 5 aliphatic carbocycles. The zero-order valence-corrected chi connectivity index (χ0v) is 41.6. The van der Waals surface area contributed by atoms with Gasteiger partial charge in [-0.3, -0.25) is 38.4 Å². The van der Waals surface area contributed by atoms with Crippen molar-refractivity contribution in [3.63, 3.8) is 0 Å². The molecular formula is C50H72O17. The van der Waals surface area contributed by atoms with Gasteiger partial charge in [-0.05, 0) is 98.7 Å². The molecule has 67 heavy (non-hydrogen) atoms. The summed E-state index contributed by atoms with van der Waals surface area (Å²) in [6, 6.07) is 0. The van der Waals surface area contributed by atoms with E-state index in [0.717, 1.165) is 45.6 Å². The molecule has 4 saturated carbocycles. The minimum atomic E-state index is -1.74. The number of allylic oxidation sites excluding steroid dienone is 1. The van der Waals surface area contributed by atoms with Crippen LogP contribution in [0.2, 0.25) is 0 Å². The lowest BCUT2D eigenvalue weighted by atomic mass is 9.33. The highest BCUT2D eigenvalue weighted by Crippen LogP contribution is 2.76. The van der Waals surface area contributed by atoms with Crippen LogP contribution in [0, 0.1) is 50.7 Å². The molecule has 0 bridgehead atoms. The normalized spacial score (nSPS) is 42.0. The van der Waals surface area contributed by atoms with Crippen molar-refractivity contribution >= 4 is 47.8 Å². The van der Waals surface area contributed by atoms with E-state index in [1.54, 1.807) is 0 Å². The number of hydrogen-bond donors (Lipinski definition) is 0. The third-order valence-corrected chi connectivity index (χ3v) is 17.6. The Morgan fingerprint density at radius 2 is 1.21 bits per heavy atom. The molecule has 0 unspecified atom stereocenters. The minimum Gasteiger partial charge on any atom is -0.465 e. The number of rotatable bonds is 11. The second-order valence-electron chi connectivity index (χ2n) is 21.5. The molecular weight excluding hydrogens is 873 g/mol. The molecule has 5 fully saturated rings. The Kier molecular flexibility index (Phi) is 14.5. The van der Waals surface area contributed by atoms with E-state index in [-0.39, 0.29) is 41.2 Å². The summed E-state index contributed by atoms with van der Waals surface area (Å²) in [6.45, 7) is 21.3. The SMILES string of the molecule is CC(=O)OC[C@@H]1O[C@H](OC(=O)[C@]23CC[C@H](C)[C@](C)(OC(C)=O)[C@@H]2C2=CC[C@H]4[C@@]5(C)CC[C@H](OC(C)=O)[C@@](C)(COC(C)=O)[C@@H]5CC[C@@]4(C)[C@]2(C)CC3)[C@@H](OC(C)=O)[C@H](OC(C)=O)[C@H]1OC(C)=O. The Labute approximate surface area is 393 Å². The molecule has 6 aliphatic rings. The van der Waals surface area contributed by atoms with Crippen molar-refractivity contribution in [2.45, 2.75) is 190 Å². The minimum absolute atomic E-state index is 0.0364. The molecule has 1 saturated heterocycles. The predicted octanol–water partition coefficient (Wildman–Crippen LogP) is 6.43. The average molecular weight is 945 g/mol. The molecule has 17 nitrogen and oxygen atoms in total. The highest BCUT2D eigenvalue weighted by molar-refractivity contribution is 5.80.